The summed E-state index contributed by atoms with van der Waals surface area (Å²) < 4.78 is 24.3. The standard InChI is InChI=1S/C32H44N2O9/c1-16(14-17(2)28-18(3)23-12-13-32(15-40-32)31(6,42-23)43-28)8-9-22(36)25-27(37)26(19(4)29(38)33-7)34(30(25)39)24-11-10-21(35)20(5)41-24/h8-13,17-21,23-26,28,35-36H,14-15H2,1-7H3,(H,33,38)/b16-8+,22-9+/t17-,18+,19+,20+,21+,23-,24+,25?,26+,28-,31-,32-/m1/s1. The van der Waals surface area contributed by atoms with Gasteiger partial charge in [0.25, 0.3) is 0 Å². The van der Waals surface area contributed by atoms with E-state index in [2.05, 4.69) is 31.3 Å². The highest BCUT2D eigenvalue weighted by Crippen LogP contribution is 2.52. The maximum absolute atomic E-state index is 13.7. The van der Waals surface area contributed by atoms with Crippen LogP contribution < -0.4 is 5.32 Å². The van der Waals surface area contributed by atoms with Gasteiger partial charge in [-0.3, -0.25) is 14.4 Å². The Morgan fingerprint density at radius 2 is 1.88 bits per heavy atom. The van der Waals surface area contributed by atoms with Gasteiger partial charge in [-0.05, 0) is 51.3 Å². The van der Waals surface area contributed by atoms with Gasteiger partial charge in [-0.2, -0.15) is 0 Å². The largest absolute Gasteiger partial charge is 0.511 e. The van der Waals surface area contributed by atoms with E-state index < -0.39 is 71.1 Å². The number of carbonyl (C=O) groups is 3. The van der Waals surface area contributed by atoms with Gasteiger partial charge in [0, 0.05) is 13.0 Å². The third-order valence-corrected chi connectivity index (χ3v) is 9.67. The molecule has 0 aromatic heterocycles. The van der Waals surface area contributed by atoms with Gasteiger partial charge in [0.15, 0.2) is 23.5 Å². The van der Waals surface area contributed by atoms with Crippen molar-refractivity contribution in [2.24, 2.45) is 23.7 Å². The Bertz CT molecular complexity index is 1270. The highest BCUT2D eigenvalue weighted by molar-refractivity contribution is 6.14. The summed E-state index contributed by atoms with van der Waals surface area (Å²) in [4.78, 5) is 41.0. The van der Waals surface area contributed by atoms with Crippen molar-refractivity contribution >= 4 is 17.6 Å². The van der Waals surface area contributed by atoms with Crippen molar-refractivity contribution in [3.63, 3.8) is 0 Å². The van der Waals surface area contributed by atoms with Crippen LogP contribution >= 0.6 is 0 Å². The summed E-state index contributed by atoms with van der Waals surface area (Å²) >= 11 is 0. The molecular weight excluding hydrogens is 556 g/mol. The maximum Gasteiger partial charge on any atom is 0.243 e. The number of carbonyl (C=O) groups excluding carboxylic acids is 3. The molecule has 2 amide bonds. The molecule has 0 saturated carbocycles. The third kappa shape index (κ3) is 5.50. The number of rotatable bonds is 8. The Labute approximate surface area is 252 Å². The topological polar surface area (TPSA) is 147 Å². The lowest BCUT2D eigenvalue weighted by Crippen LogP contribution is -2.61. The van der Waals surface area contributed by atoms with Crippen LogP contribution in [0.25, 0.3) is 0 Å². The summed E-state index contributed by atoms with van der Waals surface area (Å²) in [6.45, 7) is 11.8. The molecule has 5 aliphatic heterocycles. The Morgan fingerprint density at radius 3 is 2.51 bits per heavy atom. The van der Waals surface area contributed by atoms with Crippen molar-refractivity contribution in [3.05, 3.63) is 47.8 Å². The van der Waals surface area contributed by atoms with Crippen LogP contribution in [0.5, 0.6) is 0 Å². The number of amides is 2. The van der Waals surface area contributed by atoms with Crippen LogP contribution in [-0.4, -0.2) is 94.4 Å². The molecule has 11 nitrogen and oxygen atoms in total. The highest BCUT2D eigenvalue weighted by atomic mass is 16.8. The Kier molecular flexibility index (Phi) is 8.51. The molecule has 3 saturated heterocycles. The van der Waals surface area contributed by atoms with E-state index in [0.717, 1.165) is 5.57 Å². The maximum atomic E-state index is 13.7. The second-order valence-electron chi connectivity index (χ2n) is 12.8. The van der Waals surface area contributed by atoms with Gasteiger partial charge >= 0.3 is 0 Å². The highest BCUT2D eigenvalue weighted by Gasteiger charge is 2.66. The number of allylic oxidation sites excluding steroid dienone is 3. The van der Waals surface area contributed by atoms with Gasteiger partial charge < -0.3 is 39.4 Å². The van der Waals surface area contributed by atoms with Crippen molar-refractivity contribution in [3.8, 4) is 0 Å². The van der Waals surface area contributed by atoms with Gasteiger partial charge in [0.1, 0.15) is 11.8 Å². The molecule has 11 heteroatoms. The number of nitrogens with zero attached hydrogens (tertiary/aromatic N) is 1. The number of hydrogen-bond acceptors (Lipinski definition) is 9. The average Bonchev–Trinajstić information content (AvgIpc) is 3.71. The predicted octanol–water partition coefficient (Wildman–Crippen LogP) is 2.32. The van der Waals surface area contributed by atoms with Crippen molar-refractivity contribution in [1.29, 1.82) is 0 Å². The smallest absolute Gasteiger partial charge is 0.243 e. The molecular formula is C32H44N2O9. The molecule has 3 fully saturated rings. The Balaban J connectivity index is 1.32. The molecule has 2 bridgehead atoms. The van der Waals surface area contributed by atoms with E-state index in [4.69, 9.17) is 18.9 Å². The quantitative estimate of drug-likeness (QED) is 0.126. The van der Waals surface area contributed by atoms with Crippen LogP contribution in [0.2, 0.25) is 0 Å². The van der Waals surface area contributed by atoms with Gasteiger partial charge in [-0.15, -0.1) is 0 Å². The van der Waals surface area contributed by atoms with Gasteiger partial charge in [-0.1, -0.05) is 44.6 Å². The minimum atomic E-state index is -1.47. The molecule has 5 aliphatic rings. The van der Waals surface area contributed by atoms with E-state index in [9.17, 15) is 24.6 Å². The molecule has 12 atom stereocenters. The fourth-order valence-corrected chi connectivity index (χ4v) is 6.85. The summed E-state index contributed by atoms with van der Waals surface area (Å²) in [5, 5.41) is 23.6. The number of Topliss-reactive ketones (excluding diaryl/α,β-unsaturated/α-hetero) is 1. The zero-order chi connectivity index (χ0) is 31.4. The fourth-order valence-electron chi connectivity index (χ4n) is 6.85. The normalized spacial score (nSPS) is 42.4. The molecule has 0 aromatic rings. The summed E-state index contributed by atoms with van der Waals surface area (Å²) in [5.74, 6) is -5.07. The summed E-state index contributed by atoms with van der Waals surface area (Å²) in [7, 11) is 1.45. The monoisotopic (exact) mass is 600 g/mol. The van der Waals surface area contributed by atoms with Crippen LogP contribution in [0.15, 0.2) is 47.8 Å². The minimum absolute atomic E-state index is 0.0732. The molecule has 1 unspecified atom stereocenters. The molecule has 5 heterocycles. The molecule has 5 rings (SSSR count). The van der Waals surface area contributed by atoms with E-state index in [0.29, 0.717) is 13.0 Å². The minimum Gasteiger partial charge on any atom is -0.511 e. The van der Waals surface area contributed by atoms with Crippen LogP contribution in [0.3, 0.4) is 0 Å². The number of hydrogen-bond donors (Lipinski definition) is 3. The number of nitrogens with one attached hydrogen (secondary N) is 1. The van der Waals surface area contributed by atoms with Crippen molar-refractivity contribution < 1.29 is 43.5 Å². The van der Waals surface area contributed by atoms with E-state index >= 15 is 0 Å². The molecule has 1 spiro atoms. The summed E-state index contributed by atoms with van der Waals surface area (Å²) in [6, 6.07) is -1.16. The van der Waals surface area contributed by atoms with Crippen molar-refractivity contribution in [2.75, 3.05) is 13.7 Å². The first-order valence-electron chi connectivity index (χ1n) is 15.1. The van der Waals surface area contributed by atoms with Crippen LogP contribution in [0.1, 0.15) is 48.0 Å². The van der Waals surface area contributed by atoms with E-state index in [1.54, 1.807) is 19.9 Å². The van der Waals surface area contributed by atoms with E-state index in [-0.39, 0.29) is 24.0 Å². The molecule has 3 N–H and O–H groups in total. The Morgan fingerprint density at radius 1 is 1.19 bits per heavy atom. The number of aliphatic hydroxyl groups is 2. The van der Waals surface area contributed by atoms with Crippen molar-refractivity contribution in [2.45, 2.75) is 96.0 Å². The number of epoxide rings is 1. The molecule has 236 valence electrons. The first-order chi connectivity index (χ1) is 20.2. The first kappa shape index (κ1) is 31.6. The van der Waals surface area contributed by atoms with E-state index in [1.807, 2.05) is 13.8 Å². The van der Waals surface area contributed by atoms with Crippen LogP contribution in [0.4, 0.5) is 0 Å². The number of likely N-dealkylation sites (tertiary alicyclic amines) is 1. The number of fused-ring (bicyclic) bond motifs is 3. The number of ether oxygens (including phenoxy) is 4. The molecule has 43 heavy (non-hydrogen) atoms. The predicted molar refractivity (Wildman–Crippen MR) is 155 cm³/mol. The summed E-state index contributed by atoms with van der Waals surface area (Å²) in [6.07, 6.45) is 8.22. The van der Waals surface area contributed by atoms with Gasteiger partial charge in [-0.25, -0.2) is 0 Å². The third-order valence-electron chi connectivity index (χ3n) is 9.67. The second-order valence-corrected chi connectivity index (χ2v) is 12.8. The molecule has 0 aromatic carbocycles. The van der Waals surface area contributed by atoms with Gasteiger partial charge in [0.2, 0.25) is 17.6 Å². The fraction of sp³-hybridized carbons (Fsp3) is 0.656. The zero-order valence-electron chi connectivity index (χ0n) is 25.9. The lowest BCUT2D eigenvalue weighted by atomic mass is 9.80. The lowest BCUT2D eigenvalue weighted by molar-refractivity contribution is -0.348. The van der Waals surface area contributed by atoms with Crippen LogP contribution in [-0.2, 0) is 33.3 Å². The van der Waals surface area contributed by atoms with Crippen LogP contribution in [0, 0.1) is 23.7 Å². The number of ketones is 1. The average molecular weight is 601 g/mol. The molecule has 0 aliphatic carbocycles. The Hall–Kier alpha value is -2.83. The zero-order valence-corrected chi connectivity index (χ0v) is 25.9. The SMILES string of the molecule is CNC(=O)[C@@H](C)[C@H]1C(=O)C(/C(O)=C\C=C(/C)C[C@@H](C)[C@H]2O[C@@]3(C)O[C@H](C=C[C@@]34CO4)[C@@H]2C)C(=O)N1[C@@H]1C=C[C@H](O)[C@H](C)O1. The molecule has 0 radical (unpaired) electrons. The van der Waals surface area contributed by atoms with E-state index in [1.165, 1.54) is 30.2 Å². The van der Waals surface area contributed by atoms with Gasteiger partial charge in [0.05, 0.1) is 36.9 Å². The number of aliphatic hydroxyl groups excluding tert-OH is 2. The lowest BCUT2D eigenvalue weighted by Gasteiger charge is -2.51. The second kappa shape index (κ2) is 11.6. The first-order valence-corrected chi connectivity index (χ1v) is 15.1. The van der Waals surface area contributed by atoms with Crippen molar-refractivity contribution in [1.82, 2.24) is 10.2 Å². The summed E-state index contributed by atoms with van der Waals surface area (Å²) in [5.41, 5.74) is 0.398.